The fraction of sp³-hybridized carbons (Fsp3) is 0. The zero-order chi connectivity index (χ0) is 15.5. The molecule has 0 aliphatic heterocycles. The molecule has 0 atom stereocenters. The first kappa shape index (κ1) is 13.2. The van der Waals surface area contributed by atoms with Gasteiger partial charge in [0.25, 0.3) is 0 Å². The molecular formula is C16H11N7. The lowest BCUT2D eigenvalue weighted by molar-refractivity contribution is 0.960. The molecule has 0 fully saturated rings. The number of fused-ring (bicyclic) bond motifs is 4. The van der Waals surface area contributed by atoms with Crippen molar-refractivity contribution in [3.63, 3.8) is 0 Å². The highest BCUT2D eigenvalue weighted by Gasteiger charge is 2.04. The molecule has 0 aliphatic carbocycles. The van der Waals surface area contributed by atoms with E-state index in [1.807, 2.05) is 36.4 Å². The zero-order valence-corrected chi connectivity index (χ0v) is 12.0. The van der Waals surface area contributed by atoms with Gasteiger partial charge in [0.05, 0.1) is 16.6 Å². The van der Waals surface area contributed by atoms with Gasteiger partial charge in [-0.3, -0.25) is 19.9 Å². The number of aromatic amines is 1. The third kappa shape index (κ3) is 2.55. The van der Waals surface area contributed by atoms with Crippen molar-refractivity contribution in [2.24, 2.45) is 0 Å². The van der Waals surface area contributed by atoms with Crippen LogP contribution < -0.4 is 0 Å². The van der Waals surface area contributed by atoms with Crippen LogP contribution in [0.3, 0.4) is 0 Å². The van der Waals surface area contributed by atoms with Crippen LogP contribution in [0.5, 0.6) is 0 Å². The van der Waals surface area contributed by atoms with Gasteiger partial charge in [-0.1, -0.05) is 12.1 Å². The lowest BCUT2D eigenvalue weighted by Crippen LogP contribution is -1.83. The van der Waals surface area contributed by atoms with Crippen LogP contribution in [0.15, 0.2) is 61.2 Å². The van der Waals surface area contributed by atoms with Gasteiger partial charge < -0.3 is 0 Å². The molecule has 0 unspecified atom stereocenters. The van der Waals surface area contributed by atoms with E-state index in [2.05, 4.69) is 35.3 Å². The predicted octanol–water partition coefficient (Wildman–Crippen LogP) is 2.53. The van der Waals surface area contributed by atoms with Gasteiger partial charge in [0.15, 0.2) is 0 Å². The molecule has 0 saturated carbocycles. The van der Waals surface area contributed by atoms with Gasteiger partial charge in [-0.15, -0.1) is 0 Å². The van der Waals surface area contributed by atoms with Gasteiger partial charge in [0.1, 0.15) is 16.6 Å². The summed E-state index contributed by atoms with van der Waals surface area (Å²) in [5.41, 5.74) is 5.10. The topological polar surface area (TPSA) is 93.1 Å². The Morgan fingerprint density at radius 1 is 0.522 bits per heavy atom. The predicted molar refractivity (Wildman–Crippen MR) is 86.5 cm³/mol. The molecule has 0 radical (unpaired) electrons. The summed E-state index contributed by atoms with van der Waals surface area (Å²) >= 11 is 0. The smallest absolute Gasteiger partial charge is 0.140 e. The Hall–Kier alpha value is -3.48. The highest BCUT2D eigenvalue weighted by molar-refractivity contribution is 5.98. The van der Waals surface area contributed by atoms with Crippen molar-refractivity contribution in [3.05, 3.63) is 61.2 Å². The molecule has 7 nitrogen and oxygen atoms in total. The number of benzene rings is 2. The monoisotopic (exact) mass is 301 g/mol. The minimum Gasteiger partial charge on any atom is -0.253 e. The average Bonchev–Trinajstić information content (AvgIpc) is 3.12. The van der Waals surface area contributed by atoms with Gasteiger partial charge in [0, 0.05) is 24.8 Å². The van der Waals surface area contributed by atoms with Gasteiger partial charge in [-0.05, 0) is 24.3 Å². The number of nitrogens with zero attached hydrogens (tertiary/aromatic N) is 6. The van der Waals surface area contributed by atoms with E-state index in [0.717, 1.165) is 33.1 Å². The molecule has 110 valence electrons. The van der Waals surface area contributed by atoms with Crippen molar-refractivity contribution < 1.29 is 0 Å². The van der Waals surface area contributed by atoms with Crippen LogP contribution >= 0.6 is 0 Å². The third-order valence-corrected chi connectivity index (χ3v) is 3.30. The van der Waals surface area contributed by atoms with E-state index in [1.165, 1.54) is 0 Å². The van der Waals surface area contributed by atoms with Crippen molar-refractivity contribution >= 4 is 33.1 Å². The number of hydrogen-bond acceptors (Lipinski definition) is 6. The van der Waals surface area contributed by atoms with E-state index in [4.69, 9.17) is 0 Å². The molecule has 0 bridgehead atoms. The Bertz CT molecular complexity index is 1020. The number of para-hydroxylation sites is 2. The molecule has 0 amide bonds. The van der Waals surface area contributed by atoms with Gasteiger partial charge >= 0.3 is 0 Å². The molecule has 0 spiro atoms. The lowest BCUT2D eigenvalue weighted by Gasteiger charge is -1.93. The first-order valence-electron chi connectivity index (χ1n) is 6.98. The summed E-state index contributed by atoms with van der Waals surface area (Å²) in [4.78, 5) is 16.6. The molecule has 3 aromatic heterocycles. The summed E-state index contributed by atoms with van der Waals surface area (Å²) in [7, 11) is 0. The van der Waals surface area contributed by atoms with E-state index in [-0.39, 0.29) is 0 Å². The Morgan fingerprint density at radius 3 is 1.87 bits per heavy atom. The number of hydrogen-bond donors (Lipinski definition) is 1. The lowest BCUT2D eigenvalue weighted by atomic mass is 10.2. The molecule has 5 rings (SSSR count). The third-order valence-electron chi connectivity index (χ3n) is 3.30. The molecule has 1 N–H and O–H groups in total. The minimum atomic E-state index is 0.769. The van der Waals surface area contributed by atoms with Crippen molar-refractivity contribution in [1.82, 2.24) is 35.3 Å². The summed E-state index contributed by atoms with van der Waals surface area (Å²) in [6.45, 7) is 0. The van der Waals surface area contributed by atoms with E-state index < -0.39 is 0 Å². The maximum atomic E-state index is 4.20. The van der Waals surface area contributed by atoms with E-state index in [0.29, 0.717) is 0 Å². The quantitative estimate of drug-likeness (QED) is 0.472. The first-order chi connectivity index (χ1) is 11.4. The normalized spacial score (nSPS) is 10.6. The SMILES string of the molecule is c1ccc2nccnc2c1.c1cnc2c(ccc3n[nH]nc32)n1. The fourth-order valence-electron chi connectivity index (χ4n) is 2.25. The fourth-order valence-corrected chi connectivity index (χ4v) is 2.25. The van der Waals surface area contributed by atoms with E-state index >= 15 is 0 Å². The second kappa shape index (κ2) is 5.72. The number of nitrogens with one attached hydrogen (secondary N) is 1. The molecule has 0 aliphatic rings. The second-order valence-corrected chi connectivity index (χ2v) is 4.73. The van der Waals surface area contributed by atoms with Gasteiger partial charge in [0.2, 0.25) is 0 Å². The summed E-state index contributed by atoms with van der Waals surface area (Å²) in [5.74, 6) is 0. The van der Waals surface area contributed by atoms with Crippen LogP contribution in [0.2, 0.25) is 0 Å². The highest BCUT2D eigenvalue weighted by atomic mass is 15.3. The molecule has 2 aromatic carbocycles. The van der Waals surface area contributed by atoms with E-state index in [9.17, 15) is 0 Å². The summed E-state index contributed by atoms with van der Waals surface area (Å²) in [6.07, 6.45) is 6.70. The minimum absolute atomic E-state index is 0.769. The molecular weight excluding hydrogens is 290 g/mol. The first-order valence-corrected chi connectivity index (χ1v) is 6.98. The Kier molecular flexibility index (Phi) is 3.28. The highest BCUT2D eigenvalue weighted by Crippen LogP contribution is 2.16. The summed E-state index contributed by atoms with van der Waals surface area (Å²) in [5, 5.41) is 10.5. The average molecular weight is 301 g/mol. The Balaban J connectivity index is 0.000000122. The number of rotatable bonds is 0. The van der Waals surface area contributed by atoms with Crippen LogP contribution in [0.25, 0.3) is 33.1 Å². The maximum Gasteiger partial charge on any atom is 0.140 e. The van der Waals surface area contributed by atoms with Crippen molar-refractivity contribution in [1.29, 1.82) is 0 Å². The van der Waals surface area contributed by atoms with Crippen molar-refractivity contribution in [2.45, 2.75) is 0 Å². The van der Waals surface area contributed by atoms with Crippen LogP contribution in [0.4, 0.5) is 0 Å². The zero-order valence-electron chi connectivity index (χ0n) is 12.0. The second-order valence-electron chi connectivity index (χ2n) is 4.73. The maximum absolute atomic E-state index is 4.20. The largest absolute Gasteiger partial charge is 0.253 e. The standard InChI is InChI=1S/C8H5N5.C8H6N2/c1-2-6-8(12-13-11-6)7-5(1)9-3-4-10-7;1-2-4-8-7(3-1)9-5-6-10-8/h1-4H,(H,11,12,13);1-6H. The van der Waals surface area contributed by atoms with Crippen LogP contribution in [0, 0.1) is 0 Å². The number of aromatic nitrogens is 7. The van der Waals surface area contributed by atoms with Gasteiger partial charge in [-0.25, -0.2) is 0 Å². The van der Waals surface area contributed by atoms with Crippen LogP contribution in [-0.4, -0.2) is 35.3 Å². The molecule has 5 aromatic rings. The summed E-state index contributed by atoms with van der Waals surface area (Å²) < 4.78 is 0. The van der Waals surface area contributed by atoms with Crippen molar-refractivity contribution in [2.75, 3.05) is 0 Å². The van der Waals surface area contributed by atoms with Crippen molar-refractivity contribution in [3.8, 4) is 0 Å². The molecule has 3 heterocycles. The van der Waals surface area contributed by atoms with Crippen LogP contribution in [-0.2, 0) is 0 Å². The van der Waals surface area contributed by atoms with Crippen LogP contribution in [0.1, 0.15) is 0 Å². The molecule has 7 heteroatoms. The molecule has 23 heavy (non-hydrogen) atoms. The Morgan fingerprint density at radius 2 is 1.13 bits per heavy atom. The Labute approximate surface area is 130 Å². The molecule has 0 saturated heterocycles. The van der Waals surface area contributed by atoms with Gasteiger partial charge in [-0.2, -0.15) is 15.4 Å². The summed E-state index contributed by atoms with van der Waals surface area (Å²) in [6, 6.07) is 11.6. The number of H-pyrrole nitrogens is 1. The van der Waals surface area contributed by atoms with E-state index in [1.54, 1.807) is 24.8 Å².